The van der Waals surface area contributed by atoms with Crippen molar-refractivity contribution < 1.29 is 4.42 Å². The van der Waals surface area contributed by atoms with Crippen molar-refractivity contribution in [1.29, 1.82) is 0 Å². The number of oxazole rings is 1. The first-order valence-electron chi connectivity index (χ1n) is 4.75. The highest BCUT2D eigenvalue weighted by Crippen LogP contribution is 2.25. The van der Waals surface area contributed by atoms with Crippen molar-refractivity contribution >= 4 is 11.3 Å². The zero-order chi connectivity index (χ0) is 10.6. The Morgan fingerprint density at radius 3 is 2.43 bits per heavy atom. The van der Waals surface area contributed by atoms with Crippen molar-refractivity contribution in [3.05, 3.63) is 29.0 Å². The number of thiophene rings is 1. The summed E-state index contributed by atoms with van der Waals surface area (Å²) in [6.45, 7) is 7.88. The minimum Gasteiger partial charge on any atom is -0.440 e. The first-order valence-corrected chi connectivity index (χ1v) is 5.63. The molecule has 0 saturated heterocycles. The van der Waals surface area contributed by atoms with Gasteiger partial charge in [0.1, 0.15) is 5.76 Å². The van der Waals surface area contributed by atoms with Crippen LogP contribution in [-0.2, 0) is 0 Å². The number of aromatic nitrogens is 1. The zero-order valence-electron chi connectivity index (χ0n) is 9.00. The van der Waals surface area contributed by atoms with Gasteiger partial charge in [0.2, 0.25) is 5.89 Å². The summed E-state index contributed by atoms with van der Waals surface area (Å²) in [4.78, 5) is 5.39. The first-order chi connectivity index (χ1) is 6.77. The number of hydrogen-bond acceptors (Lipinski definition) is 3. The van der Waals surface area contributed by atoms with E-state index in [1.54, 1.807) is 11.3 Å². The van der Waals surface area contributed by atoms with E-state index in [1.165, 1.54) is 0 Å². The fourth-order valence-electron chi connectivity index (χ4n) is 0.978. The molecule has 0 unspecified atom stereocenters. The third kappa shape index (κ3) is 2.23. The third-order valence-corrected chi connectivity index (χ3v) is 2.62. The van der Waals surface area contributed by atoms with Gasteiger partial charge in [0.25, 0.3) is 0 Å². The average Bonchev–Trinajstić information content (AvgIpc) is 2.80. The molecule has 0 aliphatic rings. The monoisotopic (exact) mass is 209 g/mol. The highest BCUT2D eigenvalue weighted by atomic mass is 32.1. The van der Waals surface area contributed by atoms with E-state index in [4.69, 9.17) is 4.42 Å². The molecule has 0 atom stereocenters. The number of rotatable bonds is 1. The van der Waals surface area contributed by atoms with Crippen molar-refractivity contribution in [2.45, 2.75) is 27.7 Å². The lowest BCUT2D eigenvalue weighted by atomic mass is 10.4. The molecule has 0 bridgehead atoms. The van der Waals surface area contributed by atoms with E-state index in [2.05, 4.69) is 4.98 Å². The fourth-order valence-corrected chi connectivity index (χ4v) is 1.63. The Morgan fingerprint density at radius 1 is 1.29 bits per heavy atom. The Bertz CT molecular complexity index is 356. The summed E-state index contributed by atoms with van der Waals surface area (Å²) < 4.78 is 5.46. The first kappa shape index (κ1) is 11.0. The molecular weight excluding hydrogens is 194 g/mol. The summed E-state index contributed by atoms with van der Waals surface area (Å²) in [5, 5.41) is 2.02. The average molecular weight is 209 g/mol. The third-order valence-electron chi connectivity index (χ3n) is 1.76. The molecule has 2 nitrogen and oxygen atoms in total. The molecule has 2 heterocycles. The van der Waals surface area contributed by atoms with Crippen molar-refractivity contribution in [2.75, 3.05) is 0 Å². The van der Waals surface area contributed by atoms with E-state index in [0.29, 0.717) is 0 Å². The van der Waals surface area contributed by atoms with Gasteiger partial charge in [-0.1, -0.05) is 19.9 Å². The quantitative estimate of drug-likeness (QED) is 0.708. The van der Waals surface area contributed by atoms with Gasteiger partial charge >= 0.3 is 0 Å². The lowest BCUT2D eigenvalue weighted by Gasteiger charge is -1.84. The second-order valence-corrected chi connectivity index (χ2v) is 3.59. The molecule has 3 heteroatoms. The molecule has 2 aromatic rings. The Hall–Kier alpha value is -1.09. The van der Waals surface area contributed by atoms with Crippen LogP contribution in [0.1, 0.15) is 25.3 Å². The van der Waals surface area contributed by atoms with Gasteiger partial charge in [-0.15, -0.1) is 11.3 Å². The normalized spacial score (nSPS) is 9.43. The molecule has 0 fully saturated rings. The largest absolute Gasteiger partial charge is 0.440 e. The molecule has 0 saturated carbocycles. The van der Waals surface area contributed by atoms with Crippen LogP contribution < -0.4 is 0 Å². The van der Waals surface area contributed by atoms with Gasteiger partial charge in [-0.2, -0.15) is 0 Å². The Balaban J connectivity index is 0.000000461. The van der Waals surface area contributed by atoms with E-state index in [-0.39, 0.29) is 0 Å². The van der Waals surface area contributed by atoms with Crippen LogP contribution in [0, 0.1) is 13.8 Å². The Morgan fingerprint density at radius 2 is 2.00 bits per heavy atom. The maximum Gasteiger partial charge on any atom is 0.236 e. The Labute approximate surface area is 88.6 Å². The summed E-state index contributed by atoms with van der Waals surface area (Å²) in [7, 11) is 0. The molecular formula is C11H15NOS. The van der Waals surface area contributed by atoms with Crippen LogP contribution in [-0.4, -0.2) is 4.98 Å². The predicted octanol–water partition coefficient (Wildman–Crippen LogP) is 4.05. The predicted molar refractivity (Wildman–Crippen MR) is 60.6 cm³/mol. The van der Waals surface area contributed by atoms with Gasteiger partial charge in [0.15, 0.2) is 0 Å². The number of hydrogen-bond donors (Lipinski definition) is 0. The van der Waals surface area contributed by atoms with Crippen molar-refractivity contribution in [3.8, 4) is 10.8 Å². The highest BCUT2D eigenvalue weighted by Gasteiger charge is 2.07. The summed E-state index contributed by atoms with van der Waals surface area (Å²) in [5.74, 6) is 1.64. The van der Waals surface area contributed by atoms with Crippen molar-refractivity contribution in [1.82, 2.24) is 4.98 Å². The van der Waals surface area contributed by atoms with Crippen molar-refractivity contribution in [3.63, 3.8) is 0 Å². The van der Waals surface area contributed by atoms with E-state index < -0.39 is 0 Å². The van der Waals surface area contributed by atoms with E-state index >= 15 is 0 Å². The van der Waals surface area contributed by atoms with Crippen LogP contribution in [0.5, 0.6) is 0 Å². The maximum atomic E-state index is 5.46. The zero-order valence-corrected chi connectivity index (χ0v) is 9.81. The summed E-state index contributed by atoms with van der Waals surface area (Å²) in [5.41, 5.74) is 0.971. The standard InChI is InChI=1S/C9H9NOS.C2H6/c1-6-7(2)11-9(10-6)8-4-3-5-12-8;1-2/h3-5H,1-2H3;1-2H3. The molecule has 76 valence electrons. The minimum atomic E-state index is 0.736. The lowest BCUT2D eigenvalue weighted by molar-refractivity contribution is 0.542. The molecule has 14 heavy (non-hydrogen) atoms. The van der Waals surface area contributed by atoms with E-state index in [1.807, 2.05) is 45.2 Å². The second-order valence-electron chi connectivity index (χ2n) is 2.64. The topological polar surface area (TPSA) is 26.0 Å². The summed E-state index contributed by atoms with van der Waals surface area (Å²) in [6, 6.07) is 4.00. The number of aryl methyl sites for hydroxylation is 2. The van der Waals surface area contributed by atoms with Gasteiger partial charge in [-0.25, -0.2) is 4.98 Å². The Kier molecular flexibility index (Phi) is 3.89. The summed E-state index contributed by atoms with van der Waals surface area (Å²) in [6.07, 6.45) is 0. The van der Waals surface area contributed by atoms with Gasteiger partial charge in [0, 0.05) is 0 Å². The van der Waals surface area contributed by atoms with Crippen LogP contribution in [0.15, 0.2) is 21.9 Å². The van der Waals surface area contributed by atoms with Crippen LogP contribution >= 0.6 is 11.3 Å². The molecule has 0 N–H and O–H groups in total. The van der Waals surface area contributed by atoms with Gasteiger partial charge in [-0.05, 0) is 25.3 Å². The molecule has 0 aliphatic heterocycles. The lowest BCUT2D eigenvalue weighted by Crippen LogP contribution is -1.72. The summed E-state index contributed by atoms with van der Waals surface area (Å²) >= 11 is 1.64. The van der Waals surface area contributed by atoms with E-state index in [0.717, 1.165) is 22.2 Å². The molecule has 0 spiro atoms. The van der Waals surface area contributed by atoms with Gasteiger partial charge in [-0.3, -0.25) is 0 Å². The van der Waals surface area contributed by atoms with Crippen LogP contribution in [0.3, 0.4) is 0 Å². The molecule has 0 radical (unpaired) electrons. The molecule has 0 amide bonds. The van der Waals surface area contributed by atoms with Gasteiger partial charge in [0.05, 0.1) is 10.6 Å². The van der Waals surface area contributed by atoms with Crippen LogP contribution in [0.2, 0.25) is 0 Å². The van der Waals surface area contributed by atoms with Crippen LogP contribution in [0.25, 0.3) is 10.8 Å². The highest BCUT2D eigenvalue weighted by molar-refractivity contribution is 7.13. The molecule has 2 rings (SSSR count). The van der Waals surface area contributed by atoms with E-state index in [9.17, 15) is 0 Å². The molecule has 0 aromatic carbocycles. The molecule has 0 aliphatic carbocycles. The van der Waals surface area contributed by atoms with Gasteiger partial charge < -0.3 is 4.42 Å². The smallest absolute Gasteiger partial charge is 0.236 e. The SMILES string of the molecule is CC.Cc1nc(-c2cccs2)oc1C. The molecule has 2 aromatic heterocycles. The van der Waals surface area contributed by atoms with Crippen molar-refractivity contribution in [2.24, 2.45) is 0 Å². The second kappa shape index (κ2) is 4.96. The van der Waals surface area contributed by atoms with Crippen LogP contribution in [0.4, 0.5) is 0 Å². The number of nitrogens with zero attached hydrogens (tertiary/aromatic N) is 1. The maximum absolute atomic E-state index is 5.46. The minimum absolute atomic E-state index is 0.736. The fraction of sp³-hybridized carbons (Fsp3) is 0.364.